The molecule has 82 valence electrons. The summed E-state index contributed by atoms with van der Waals surface area (Å²) in [5, 5.41) is 10.6. The predicted octanol–water partition coefficient (Wildman–Crippen LogP) is 1.36. The first-order valence-electron chi connectivity index (χ1n) is 4.54. The fraction of sp³-hybridized carbons (Fsp3) is 0.400. The van der Waals surface area contributed by atoms with E-state index in [0.29, 0.717) is 5.75 Å². The summed E-state index contributed by atoms with van der Waals surface area (Å²) in [6.07, 6.45) is 0. The molecule has 15 heavy (non-hydrogen) atoms. The highest BCUT2D eigenvalue weighted by atomic mass is 16.6. The second-order valence-electron chi connectivity index (χ2n) is 3.02. The van der Waals surface area contributed by atoms with Crippen molar-refractivity contribution in [1.29, 1.82) is 0 Å². The number of nitro groups is 1. The molecule has 0 aliphatic carbocycles. The fourth-order valence-electron chi connectivity index (χ4n) is 1.07. The van der Waals surface area contributed by atoms with Gasteiger partial charge in [0.2, 0.25) is 0 Å². The zero-order valence-corrected chi connectivity index (χ0v) is 8.46. The summed E-state index contributed by atoms with van der Waals surface area (Å²) in [6.45, 7) is 0.0741. The van der Waals surface area contributed by atoms with Crippen LogP contribution in [0.5, 0.6) is 5.75 Å². The van der Waals surface area contributed by atoms with Crippen LogP contribution in [0.15, 0.2) is 30.3 Å². The number of benzene rings is 1. The van der Waals surface area contributed by atoms with Crippen LogP contribution in [0, 0.1) is 10.1 Å². The van der Waals surface area contributed by atoms with Gasteiger partial charge in [-0.2, -0.15) is 0 Å². The minimum Gasteiger partial charge on any atom is -0.486 e. The van der Waals surface area contributed by atoms with Crippen LogP contribution in [-0.2, 0) is 4.74 Å². The molecule has 5 nitrogen and oxygen atoms in total. The van der Waals surface area contributed by atoms with Gasteiger partial charge in [0.1, 0.15) is 12.4 Å². The number of hydrogen-bond acceptors (Lipinski definition) is 4. The van der Waals surface area contributed by atoms with Gasteiger partial charge in [-0.3, -0.25) is 10.1 Å². The van der Waals surface area contributed by atoms with Gasteiger partial charge in [-0.05, 0) is 12.1 Å². The molecule has 0 aliphatic rings. The van der Waals surface area contributed by atoms with Gasteiger partial charge >= 0.3 is 0 Å². The first-order chi connectivity index (χ1) is 7.24. The van der Waals surface area contributed by atoms with Gasteiger partial charge in [-0.15, -0.1) is 0 Å². The lowest BCUT2D eigenvalue weighted by atomic mass is 10.3. The Hall–Kier alpha value is -1.62. The SMILES string of the molecule is COCC(COc1ccccc1)[N+](=O)[O-]. The molecule has 1 rings (SSSR count). The van der Waals surface area contributed by atoms with Crippen molar-refractivity contribution in [2.75, 3.05) is 20.3 Å². The van der Waals surface area contributed by atoms with Crippen molar-refractivity contribution in [3.05, 3.63) is 40.4 Å². The van der Waals surface area contributed by atoms with E-state index in [1.54, 1.807) is 12.1 Å². The topological polar surface area (TPSA) is 61.6 Å². The van der Waals surface area contributed by atoms with E-state index in [2.05, 4.69) is 0 Å². The van der Waals surface area contributed by atoms with E-state index < -0.39 is 11.0 Å². The molecule has 0 heterocycles. The van der Waals surface area contributed by atoms with Crippen molar-refractivity contribution in [2.24, 2.45) is 0 Å². The number of ether oxygens (including phenoxy) is 2. The highest BCUT2D eigenvalue weighted by molar-refractivity contribution is 5.20. The molecule has 1 aromatic carbocycles. The molecular weight excluding hydrogens is 198 g/mol. The Bertz CT molecular complexity index is 302. The van der Waals surface area contributed by atoms with Gasteiger partial charge in [0.25, 0.3) is 6.04 Å². The van der Waals surface area contributed by atoms with Crippen molar-refractivity contribution < 1.29 is 14.4 Å². The smallest absolute Gasteiger partial charge is 0.269 e. The minimum absolute atomic E-state index is 0.0187. The third-order valence-corrected chi connectivity index (χ3v) is 1.84. The molecule has 0 aromatic heterocycles. The molecule has 0 fully saturated rings. The summed E-state index contributed by atoms with van der Waals surface area (Å²) in [7, 11) is 1.43. The van der Waals surface area contributed by atoms with Gasteiger partial charge in [0.05, 0.1) is 0 Å². The molecule has 0 spiro atoms. The monoisotopic (exact) mass is 211 g/mol. The van der Waals surface area contributed by atoms with E-state index in [0.717, 1.165) is 0 Å². The normalized spacial score (nSPS) is 12.1. The van der Waals surface area contributed by atoms with E-state index >= 15 is 0 Å². The van der Waals surface area contributed by atoms with Crippen LogP contribution in [0.4, 0.5) is 0 Å². The van der Waals surface area contributed by atoms with Gasteiger partial charge in [0, 0.05) is 12.0 Å². The van der Waals surface area contributed by atoms with E-state index in [1.807, 2.05) is 18.2 Å². The molecule has 5 heteroatoms. The Morgan fingerprint density at radius 2 is 2.00 bits per heavy atom. The zero-order chi connectivity index (χ0) is 11.1. The molecule has 0 radical (unpaired) electrons. The highest BCUT2D eigenvalue weighted by Crippen LogP contribution is 2.09. The summed E-state index contributed by atoms with van der Waals surface area (Å²) < 4.78 is 9.99. The quantitative estimate of drug-likeness (QED) is 0.526. The zero-order valence-electron chi connectivity index (χ0n) is 8.46. The Morgan fingerprint density at radius 1 is 1.33 bits per heavy atom. The van der Waals surface area contributed by atoms with Gasteiger partial charge in [0.15, 0.2) is 6.61 Å². The average molecular weight is 211 g/mol. The molecule has 0 saturated heterocycles. The summed E-state index contributed by atoms with van der Waals surface area (Å²) in [5.41, 5.74) is 0. The summed E-state index contributed by atoms with van der Waals surface area (Å²) in [6, 6.07) is 8.16. The second-order valence-corrected chi connectivity index (χ2v) is 3.02. The highest BCUT2D eigenvalue weighted by Gasteiger charge is 2.20. The molecule has 0 bridgehead atoms. The molecule has 0 amide bonds. The maximum absolute atomic E-state index is 10.6. The summed E-state index contributed by atoms with van der Waals surface area (Å²) in [4.78, 5) is 10.2. The van der Waals surface area contributed by atoms with Crippen LogP contribution in [0.2, 0.25) is 0 Å². The van der Waals surface area contributed by atoms with Crippen LogP contribution < -0.4 is 4.74 Å². The number of para-hydroxylation sites is 1. The van der Waals surface area contributed by atoms with E-state index in [9.17, 15) is 10.1 Å². The minimum atomic E-state index is -0.824. The first-order valence-corrected chi connectivity index (χ1v) is 4.54. The lowest BCUT2D eigenvalue weighted by Crippen LogP contribution is -2.31. The maximum atomic E-state index is 10.6. The number of hydrogen-bond donors (Lipinski definition) is 0. The van der Waals surface area contributed by atoms with Gasteiger partial charge in [-0.1, -0.05) is 18.2 Å². The fourth-order valence-corrected chi connectivity index (χ4v) is 1.07. The van der Waals surface area contributed by atoms with Crippen molar-refractivity contribution in [3.63, 3.8) is 0 Å². The molecule has 1 aromatic rings. The van der Waals surface area contributed by atoms with Crippen LogP contribution in [-0.4, -0.2) is 31.3 Å². The standard InChI is InChI=1S/C10H13NO4/c1-14-7-9(11(12)13)8-15-10-5-3-2-4-6-10/h2-6,9H,7-8H2,1H3. The molecule has 1 unspecified atom stereocenters. The van der Waals surface area contributed by atoms with Crippen LogP contribution in [0.1, 0.15) is 0 Å². The van der Waals surface area contributed by atoms with Crippen molar-refractivity contribution in [2.45, 2.75) is 6.04 Å². The summed E-state index contributed by atoms with van der Waals surface area (Å²) >= 11 is 0. The Morgan fingerprint density at radius 3 is 2.53 bits per heavy atom. The lowest BCUT2D eigenvalue weighted by molar-refractivity contribution is -0.528. The van der Waals surface area contributed by atoms with E-state index in [4.69, 9.17) is 9.47 Å². The third-order valence-electron chi connectivity index (χ3n) is 1.84. The van der Waals surface area contributed by atoms with E-state index in [1.165, 1.54) is 7.11 Å². The van der Waals surface area contributed by atoms with Gasteiger partial charge in [-0.25, -0.2) is 0 Å². The maximum Gasteiger partial charge on any atom is 0.269 e. The Labute approximate surface area is 87.8 Å². The van der Waals surface area contributed by atoms with Crippen molar-refractivity contribution >= 4 is 0 Å². The Balaban J connectivity index is 2.43. The molecule has 0 saturated carbocycles. The van der Waals surface area contributed by atoms with Gasteiger partial charge < -0.3 is 9.47 Å². The van der Waals surface area contributed by atoms with Crippen LogP contribution in [0.3, 0.4) is 0 Å². The average Bonchev–Trinajstić information content (AvgIpc) is 2.25. The molecular formula is C10H13NO4. The largest absolute Gasteiger partial charge is 0.486 e. The second kappa shape index (κ2) is 5.98. The van der Waals surface area contributed by atoms with Crippen LogP contribution >= 0.6 is 0 Å². The van der Waals surface area contributed by atoms with Crippen LogP contribution in [0.25, 0.3) is 0 Å². The third kappa shape index (κ3) is 3.95. The Kier molecular flexibility index (Phi) is 4.56. The van der Waals surface area contributed by atoms with Crippen molar-refractivity contribution in [1.82, 2.24) is 0 Å². The first kappa shape index (κ1) is 11.5. The predicted molar refractivity (Wildman–Crippen MR) is 54.6 cm³/mol. The molecule has 1 atom stereocenters. The number of rotatable bonds is 6. The lowest BCUT2D eigenvalue weighted by Gasteiger charge is -2.09. The number of nitrogens with zero attached hydrogens (tertiary/aromatic N) is 1. The number of methoxy groups -OCH3 is 1. The van der Waals surface area contributed by atoms with E-state index in [-0.39, 0.29) is 13.2 Å². The molecule has 0 aliphatic heterocycles. The van der Waals surface area contributed by atoms with Crippen molar-refractivity contribution in [3.8, 4) is 5.75 Å². The summed E-state index contributed by atoms with van der Waals surface area (Å²) in [5.74, 6) is 0.625. The molecule has 0 N–H and O–H groups in total.